The summed E-state index contributed by atoms with van der Waals surface area (Å²) in [5.41, 5.74) is 3.14. The first kappa shape index (κ1) is 16.1. The fourth-order valence-electron chi connectivity index (χ4n) is 2.53. The molecule has 0 aliphatic heterocycles. The average Bonchev–Trinajstić information content (AvgIpc) is 3.16. The quantitative estimate of drug-likeness (QED) is 0.625. The Morgan fingerprint density at radius 1 is 1.21 bits per heavy atom. The highest BCUT2D eigenvalue weighted by Gasteiger charge is 2.12. The Bertz CT molecular complexity index is 806. The molecule has 0 aliphatic carbocycles. The van der Waals surface area contributed by atoms with Crippen molar-refractivity contribution in [3.63, 3.8) is 0 Å². The minimum absolute atomic E-state index is 0.550. The van der Waals surface area contributed by atoms with Crippen LogP contribution in [0.3, 0.4) is 0 Å². The van der Waals surface area contributed by atoms with Crippen LogP contribution in [0.1, 0.15) is 17.1 Å². The lowest BCUT2D eigenvalue weighted by Crippen LogP contribution is -2.17. The van der Waals surface area contributed by atoms with Crippen LogP contribution < -0.4 is 0 Å². The van der Waals surface area contributed by atoms with Gasteiger partial charge >= 0.3 is 0 Å². The predicted molar refractivity (Wildman–Crippen MR) is 92.1 cm³/mol. The van der Waals surface area contributed by atoms with Crippen LogP contribution in [0.2, 0.25) is 0 Å². The van der Waals surface area contributed by atoms with Gasteiger partial charge in [-0.05, 0) is 26.1 Å². The summed E-state index contributed by atoms with van der Waals surface area (Å²) in [6, 6.07) is 9.78. The van der Waals surface area contributed by atoms with Gasteiger partial charge in [0.25, 0.3) is 0 Å². The van der Waals surface area contributed by atoms with Crippen LogP contribution in [-0.2, 0) is 19.6 Å². The minimum atomic E-state index is 0.550. The van der Waals surface area contributed by atoms with Crippen LogP contribution in [0, 0.1) is 6.92 Å². The van der Waals surface area contributed by atoms with Crippen molar-refractivity contribution in [1.82, 2.24) is 24.9 Å². The van der Waals surface area contributed by atoms with Crippen LogP contribution in [0.15, 0.2) is 53.6 Å². The molecule has 0 spiro atoms. The molecule has 0 N–H and O–H groups in total. The van der Waals surface area contributed by atoms with Crippen molar-refractivity contribution in [3.8, 4) is 11.5 Å². The number of aryl methyl sites for hydroxylation is 1. The van der Waals surface area contributed by atoms with Gasteiger partial charge in [0.2, 0.25) is 11.8 Å². The van der Waals surface area contributed by atoms with Crippen molar-refractivity contribution in [2.24, 2.45) is 0 Å². The Kier molecular flexibility index (Phi) is 4.86. The van der Waals surface area contributed by atoms with Crippen molar-refractivity contribution in [3.05, 3.63) is 66.3 Å². The van der Waals surface area contributed by atoms with E-state index in [1.807, 2.05) is 55.1 Å². The predicted octanol–water partition coefficient (Wildman–Crippen LogP) is 3.06. The number of benzene rings is 1. The van der Waals surface area contributed by atoms with Gasteiger partial charge in [-0.3, -0.25) is 9.58 Å². The molecule has 2 aromatic heterocycles. The number of nitrogens with zero attached hydrogens (tertiary/aromatic N) is 5. The van der Waals surface area contributed by atoms with E-state index in [0.29, 0.717) is 24.9 Å². The first-order chi connectivity index (χ1) is 11.7. The lowest BCUT2D eigenvalue weighted by molar-refractivity contribution is 0.282. The molecule has 3 rings (SSSR count). The van der Waals surface area contributed by atoms with E-state index in [-0.39, 0.29) is 0 Å². The van der Waals surface area contributed by atoms with Crippen molar-refractivity contribution in [2.45, 2.75) is 26.6 Å². The molecule has 6 nitrogen and oxygen atoms in total. The van der Waals surface area contributed by atoms with Crippen LogP contribution in [-0.4, -0.2) is 31.9 Å². The molecule has 124 valence electrons. The fraction of sp³-hybridized carbons (Fsp3) is 0.278. The summed E-state index contributed by atoms with van der Waals surface area (Å²) in [6.07, 6.45) is 3.89. The van der Waals surface area contributed by atoms with E-state index in [4.69, 9.17) is 4.42 Å². The maximum atomic E-state index is 5.75. The van der Waals surface area contributed by atoms with E-state index in [1.165, 1.54) is 5.56 Å². The maximum Gasteiger partial charge on any atom is 0.247 e. The van der Waals surface area contributed by atoms with E-state index in [9.17, 15) is 0 Å². The maximum absolute atomic E-state index is 5.75. The molecule has 0 saturated heterocycles. The Morgan fingerprint density at radius 3 is 2.75 bits per heavy atom. The standard InChI is InChI=1S/C18H21N5O/c1-4-10-23-12-16(14(2)21-23)11-22(3)13-17-19-20-18(24-17)15-8-6-5-7-9-15/h4-9,12H,1,10-11,13H2,2-3H3. The van der Waals surface area contributed by atoms with Gasteiger partial charge in [0.1, 0.15) is 0 Å². The Labute approximate surface area is 141 Å². The second-order valence-corrected chi connectivity index (χ2v) is 5.79. The van der Waals surface area contributed by atoms with E-state index in [1.54, 1.807) is 0 Å². The summed E-state index contributed by atoms with van der Waals surface area (Å²) in [5, 5.41) is 12.7. The van der Waals surface area contributed by atoms with E-state index < -0.39 is 0 Å². The van der Waals surface area contributed by atoms with E-state index in [2.05, 4.69) is 33.0 Å². The molecule has 3 aromatic rings. The number of hydrogen-bond donors (Lipinski definition) is 0. The lowest BCUT2D eigenvalue weighted by atomic mass is 10.2. The van der Waals surface area contributed by atoms with Gasteiger partial charge in [-0.25, -0.2) is 0 Å². The van der Waals surface area contributed by atoms with Crippen LogP contribution in [0.5, 0.6) is 0 Å². The van der Waals surface area contributed by atoms with Crippen molar-refractivity contribution in [2.75, 3.05) is 7.05 Å². The molecule has 0 aliphatic rings. The highest BCUT2D eigenvalue weighted by Crippen LogP contribution is 2.18. The third kappa shape index (κ3) is 3.78. The molecule has 6 heteroatoms. The van der Waals surface area contributed by atoms with E-state index in [0.717, 1.165) is 17.8 Å². The molecule has 0 bridgehead atoms. The van der Waals surface area contributed by atoms with Gasteiger partial charge in [0.05, 0.1) is 18.8 Å². The zero-order chi connectivity index (χ0) is 16.9. The molecule has 0 atom stereocenters. The summed E-state index contributed by atoms with van der Waals surface area (Å²) < 4.78 is 7.65. The Hall–Kier alpha value is -2.73. The molecule has 2 heterocycles. The van der Waals surface area contributed by atoms with Crippen LogP contribution >= 0.6 is 0 Å². The van der Waals surface area contributed by atoms with Gasteiger partial charge in [0.15, 0.2) is 0 Å². The monoisotopic (exact) mass is 323 g/mol. The van der Waals surface area contributed by atoms with E-state index >= 15 is 0 Å². The van der Waals surface area contributed by atoms with Crippen molar-refractivity contribution < 1.29 is 4.42 Å². The first-order valence-corrected chi connectivity index (χ1v) is 7.86. The molecule has 24 heavy (non-hydrogen) atoms. The summed E-state index contributed by atoms with van der Waals surface area (Å²) in [5.74, 6) is 1.15. The number of aromatic nitrogens is 4. The van der Waals surface area contributed by atoms with Gasteiger partial charge in [-0.15, -0.1) is 16.8 Å². The second kappa shape index (κ2) is 7.23. The first-order valence-electron chi connectivity index (χ1n) is 7.86. The molecule has 0 unspecified atom stereocenters. The third-order valence-corrected chi connectivity index (χ3v) is 3.70. The van der Waals surface area contributed by atoms with Gasteiger partial charge in [0, 0.05) is 23.9 Å². The highest BCUT2D eigenvalue weighted by molar-refractivity contribution is 5.51. The van der Waals surface area contributed by atoms with Gasteiger partial charge in [-0.1, -0.05) is 24.3 Å². The van der Waals surface area contributed by atoms with Gasteiger partial charge < -0.3 is 4.42 Å². The summed E-state index contributed by atoms with van der Waals surface area (Å²) >= 11 is 0. The Morgan fingerprint density at radius 2 is 2.00 bits per heavy atom. The topological polar surface area (TPSA) is 60.0 Å². The third-order valence-electron chi connectivity index (χ3n) is 3.70. The second-order valence-electron chi connectivity index (χ2n) is 5.79. The molecule has 0 saturated carbocycles. The average molecular weight is 323 g/mol. The smallest absolute Gasteiger partial charge is 0.247 e. The summed E-state index contributed by atoms with van der Waals surface area (Å²) in [6.45, 7) is 7.83. The number of hydrogen-bond acceptors (Lipinski definition) is 5. The highest BCUT2D eigenvalue weighted by atomic mass is 16.4. The number of rotatable bonds is 7. The zero-order valence-electron chi connectivity index (χ0n) is 14.0. The normalized spacial score (nSPS) is 11.1. The fourth-order valence-corrected chi connectivity index (χ4v) is 2.53. The van der Waals surface area contributed by atoms with Crippen LogP contribution in [0.4, 0.5) is 0 Å². The number of allylic oxidation sites excluding steroid dienone is 1. The molecule has 0 amide bonds. The molecular formula is C18H21N5O. The molecule has 0 radical (unpaired) electrons. The van der Waals surface area contributed by atoms with Crippen molar-refractivity contribution in [1.29, 1.82) is 0 Å². The molecule has 1 aromatic carbocycles. The molecule has 0 fully saturated rings. The van der Waals surface area contributed by atoms with Crippen LogP contribution in [0.25, 0.3) is 11.5 Å². The zero-order valence-corrected chi connectivity index (χ0v) is 14.0. The van der Waals surface area contributed by atoms with Gasteiger partial charge in [-0.2, -0.15) is 5.10 Å². The largest absolute Gasteiger partial charge is 0.419 e. The summed E-state index contributed by atoms with van der Waals surface area (Å²) in [7, 11) is 2.02. The van der Waals surface area contributed by atoms with Crippen molar-refractivity contribution >= 4 is 0 Å². The Balaban J connectivity index is 1.64. The molecular weight excluding hydrogens is 302 g/mol. The SMILES string of the molecule is C=CCn1cc(CN(C)Cc2nnc(-c3ccccc3)o2)c(C)n1. The summed E-state index contributed by atoms with van der Waals surface area (Å²) in [4.78, 5) is 2.13. The minimum Gasteiger partial charge on any atom is -0.419 e. The lowest BCUT2D eigenvalue weighted by Gasteiger charge is -2.13.